The number of rotatable bonds is 9. The van der Waals surface area contributed by atoms with Gasteiger partial charge < -0.3 is 21.1 Å². The lowest BCUT2D eigenvalue weighted by atomic mass is 10.2. The molecule has 3 amide bonds. The Morgan fingerprint density at radius 3 is 2.35 bits per heavy atom. The summed E-state index contributed by atoms with van der Waals surface area (Å²) in [6.07, 6.45) is 2.19. The molecule has 0 saturated carbocycles. The molecule has 0 aliphatic rings. The summed E-state index contributed by atoms with van der Waals surface area (Å²) in [5.41, 5.74) is 5.10. The lowest BCUT2D eigenvalue weighted by Crippen LogP contribution is -2.51. The molecule has 0 fully saturated rings. The molecule has 0 saturated heterocycles. The van der Waals surface area contributed by atoms with Crippen molar-refractivity contribution in [3.63, 3.8) is 0 Å². The molecule has 0 spiro atoms. The third-order valence-corrected chi connectivity index (χ3v) is 3.07. The van der Waals surface area contributed by atoms with Gasteiger partial charge >= 0.3 is 12.0 Å². The Morgan fingerprint density at radius 2 is 1.95 bits per heavy atom. The fraction of sp³-hybridized carbons (Fsp3) is 0.750. The van der Waals surface area contributed by atoms with Crippen molar-refractivity contribution in [2.24, 2.45) is 11.7 Å². The lowest BCUT2D eigenvalue weighted by molar-refractivity contribution is -0.139. The quantitative estimate of drug-likeness (QED) is 0.569. The molecule has 0 aliphatic heterocycles. The molecule has 0 aromatic rings. The maximum absolute atomic E-state index is 12.0. The van der Waals surface area contributed by atoms with E-state index in [1.807, 2.05) is 20.1 Å². The summed E-state index contributed by atoms with van der Waals surface area (Å²) >= 11 is 1.50. The predicted molar refractivity (Wildman–Crippen MR) is 78.6 cm³/mol. The van der Waals surface area contributed by atoms with Crippen LogP contribution >= 0.6 is 11.8 Å². The predicted octanol–water partition coefficient (Wildman–Crippen LogP) is 0.346. The number of primary amides is 1. The average Bonchev–Trinajstić information content (AvgIpc) is 2.31. The van der Waals surface area contributed by atoms with E-state index in [9.17, 15) is 14.4 Å². The van der Waals surface area contributed by atoms with Crippen molar-refractivity contribution in [3.8, 4) is 0 Å². The Morgan fingerprint density at radius 1 is 1.35 bits per heavy atom. The molecule has 0 radical (unpaired) electrons. The van der Waals surface area contributed by atoms with E-state index >= 15 is 0 Å². The summed E-state index contributed by atoms with van der Waals surface area (Å²) in [5, 5.41) is 11.5. The molecule has 0 unspecified atom stereocenters. The topological polar surface area (TPSA) is 113 Å². The van der Waals surface area contributed by atoms with Crippen molar-refractivity contribution in [1.29, 1.82) is 0 Å². The first-order chi connectivity index (χ1) is 9.27. The fourth-order valence-corrected chi connectivity index (χ4v) is 2.05. The van der Waals surface area contributed by atoms with E-state index in [-0.39, 0.29) is 12.5 Å². The van der Waals surface area contributed by atoms with Gasteiger partial charge in [0.25, 0.3) is 0 Å². The van der Waals surface area contributed by atoms with E-state index < -0.39 is 23.9 Å². The molecule has 7 nitrogen and oxygen atoms in total. The number of hydrogen-bond acceptors (Lipinski definition) is 4. The number of nitrogens with two attached hydrogens (primary N) is 1. The Kier molecular flexibility index (Phi) is 8.78. The van der Waals surface area contributed by atoms with Gasteiger partial charge in [-0.25, -0.2) is 9.59 Å². The van der Waals surface area contributed by atoms with Crippen LogP contribution in [0.2, 0.25) is 0 Å². The first-order valence-corrected chi connectivity index (χ1v) is 7.72. The fourth-order valence-electron chi connectivity index (χ4n) is 1.58. The second-order valence-electron chi connectivity index (χ2n) is 4.86. The number of carbonyl (C=O) groups is 3. The van der Waals surface area contributed by atoms with Gasteiger partial charge in [-0.05, 0) is 24.3 Å². The maximum Gasteiger partial charge on any atom is 0.326 e. The van der Waals surface area contributed by atoms with E-state index in [4.69, 9.17) is 10.8 Å². The highest BCUT2D eigenvalue weighted by Gasteiger charge is 2.24. The number of hydrogen-bond donors (Lipinski definition) is 3. The van der Waals surface area contributed by atoms with Crippen LogP contribution in [0.4, 0.5) is 4.79 Å². The van der Waals surface area contributed by atoms with Gasteiger partial charge in [0, 0.05) is 6.54 Å². The smallest absolute Gasteiger partial charge is 0.326 e. The van der Waals surface area contributed by atoms with Crippen molar-refractivity contribution < 1.29 is 19.5 Å². The largest absolute Gasteiger partial charge is 0.480 e. The summed E-state index contributed by atoms with van der Waals surface area (Å²) < 4.78 is 0. The van der Waals surface area contributed by atoms with Crippen LogP contribution < -0.4 is 11.1 Å². The van der Waals surface area contributed by atoms with Crippen molar-refractivity contribution in [1.82, 2.24) is 10.2 Å². The van der Waals surface area contributed by atoms with Gasteiger partial charge in [-0.1, -0.05) is 13.8 Å². The number of aliphatic carboxylic acids is 1. The van der Waals surface area contributed by atoms with Crippen LogP contribution in [0.3, 0.4) is 0 Å². The monoisotopic (exact) mass is 305 g/mol. The van der Waals surface area contributed by atoms with E-state index in [0.29, 0.717) is 18.7 Å². The van der Waals surface area contributed by atoms with Crippen LogP contribution in [0.15, 0.2) is 0 Å². The standard InChI is InChI=1S/C12H23N3O4S/c1-8(2)6-15(7-10(13)16)12(19)14-9(11(17)18)4-5-20-3/h8-9H,4-7H2,1-3H3,(H2,13,16)(H,14,19)(H,17,18)/t9-/m1/s1. The molecule has 20 heavy (non-hydrogen) atoms. The van der Waals surface area contributed by atoms with E-state index in [1.54, 1.807) is 0 Å². The van der Waals surface area contributed by atoms with Gasteiger partial charge in [-0.3, -0.25) is 4.79 Å². The highest BCUT2D eigenvalue weighted by atomic mass is 32.2. The molecular formula is C12H23N3O4S. The minimum Gasteiger partial charge on any atom is -0.480 e. The Labute approximate surface area is 123 Å². The molecule has 0 heterocycles. The first-order valence-electron chi connectivity index (χ1n) is 6.33. The number of carboxylic acid groups (broad SMARTS) is 1. The number of thioether (sulfide) groups is 1. The molecule has 116 valence electrons. The summed E-state index contributed by atoms with van der Waals surface area (Å²) in [4.78, 5) is 35.3. The molecule has 0 aromatic heterocycles. The molecule has 4 N–H and O–H groups in total. The van der Waals surface area contributed by atoms with Gasteiger partial charge in [0.15, 0.2) is 0 Å². The maximum atomic E-state index is 12.0. The van der Waals surface area contributed by atoms with Crippen LogP contribution in [0.1, 0.15) is 20.3 Å². The van der Waals surface area contributed by atoms with Crippen LogP contribution in [-0.2, 0) is 9.59 Å². The van der Waals surface area contributed by atoms with E-state index in [1.165, 1.54) is 16.7 Å². The number of amides is 3. The molecular weight excluding hydrogens is 282 g/mol. The second-order valence-corrected chi connectivity index (χ2v) is 5.85. The molecule has 1 atom stereocenters. The van der Waals surface area contributed by atoms with Crippen LogP contribution in [-0.4, -0.2) is 59.1 Å². The van der Waals surface area contributed by atoms with Gasteiger partial charge in [0.2, 0.25) is 5.91 Å². The third-order valence-electron chi connectivity index (χ3n) is 2.43. The normalized spacial score (nSPS) is 12.0. The zero-order valence-electron chi connectivity index (χ0n) is 12.1. The van der Waals surface area contributed by atoms with Gasteiger partial charge in [0.1, 0.15) is 12.6 Å². The molecule has 0 rings (SSSR count). The van der Waals surface area contributed by atoms with Gasteiger partial charge in [-0.15, -0.1) is 0 Å². The van der Waals surface area contributed by atoms with Crippen LogP contribution in [0.25, 0.3) is 0 Å². The highest BCUT2D eigenvalue weighted by molar-refractivity contribution is 7.98. The summed E-state index contributed by atoms with van der Waals surface area (Å²) in [7, 11) is 0. The van der Waals surface area contributed by atoms with Gasteiger partial charge in [-0.2, -0.15) is 11.8 Å². The van der Waals surface area contributed by atoms with Crippen molar-refractivity contribution in [2.75, 3.05) is 25.1 Å². The van der Waals surface area contributed by atoms with Crippen molar-refractivity contribution >= 4 is 29.7 Å². The van der Waals surface area contributed by atoms with Crippen molar-refractivity contribution in [3.05, 3.63) is 0 Å². The number of urea groups is 1. The third kappa shape index (κ3) is 7.88. The number of nitrogens with one attached hydrogen (secondary N) is 1. The minimum atomic E-state index is -1.09. The Bertz CT molecular complexity index is 350. The summed E-state index contributed by atoms with van der Waals surface area (Å²) in [6.45, 7) is 3.90. The Balaban J connectivity index is 4.68. The minimum absolute atomic E-state index is 0.148. The second kappa shape index (κ2) is 9.46. The SMILES string of the molecule is CSCC[C@@H](NC(=O)N(CC(N)=O)CC(C)C)C(=O)O. The first kappa shape index (κ1) is 18.6. The molecule has 8 heteroatoms. The summed E-state index contributed by atoms with van der Waals surface area (Å²) in [5.74, 6) is -0.945. The lowest BCUT2D eigenvalue weighted by Gasteiger charge is -2.25. The molecule has 0 bridgehead atoms. The Hall–Kier alpha value is -1.44. The van der Waals surface area contributed by atoms with Crippen LogP contribution in [0, 0.1) is 5.92 Å². The summed E-state index contributed by atoms with van der Waals surface area (Å²) in [6, 6.07) is -1.54. The van der Waals surface area contributed by atoms with Crippen molar-refractivity contribution in [2.45, 2.75) is 26.3 Å². The van der Waals surface area contributed by atoms with Gasteiger partial charge in [0.05, 0.1) is 0 Å². The zero-order valence-corrected chi connectivity index (χ0v) is 12.9. The highest BCUT2D eigenvalue weighted by Crippen LogP contribution is 2.04. The number of carboxylic acids is 1. The van der Waals surface area contributed by atoms with E-state index in [2.05, 4.69) is 5.32 Å². The number of nitrogens with zero attached hydrogens (tertiary/aromatic N) is 1. The average molecular weight is 305 g/mol. The number of carbonyl (C=O) groups excluding carboxylic acids is 2. The molecule has 0 aromatic carbocycles. The van der Waals surface area contributed by atoms with E-state index in [0.717, 1.165) is 0 Å². The zero-order chi connectivity index (χ0) is 15.7. The van der Waals surface area contributed by atoms with Crippen LogP contribution in [0.5, 0.6) is 0 Å². The molecule has 0 aliphatic carbocycles.